The molecule has 0 spiro atoms. The topological polar surface area (TPSA) is 260 Å². The van der Waals surface area contributed by atoms with E-state index in [1.54, 1.807) is 19.6 Å². The van der Waals surface area contributed by atoms with Crippen LogP contribution in [0.5, 0.6) is 0 Å². The normalized spacial score (nSPS) is 16.1. The molecule has 1 atom stereocenters. The van der Waals surface area contributed by atoms with Crippen LogP contribution in [0, 0.1) is 0 Å². The first-order valence-corrected chi connectivity index (χ1v) is 22.4. The number of aliphatic carboxylic acids is 4. The van der Waals surface area contributed by atoms with Crippen molar-refractivity contribution in [1.82, 2.24) is 24.9 Å². The highest BCUT2D eigenvalue weighted by Crippen LogP contribution is 2.16. The third-order valence-electron chi connectivity index (χ3n) is 9.59. The Balaban J connectivity index is 1.68. The van der Waals surface area contributed by atoms with Crippen LogP contribution in [0.25, 0.3) is 0 Å². The lowest BCUT2D eigenvalue weighted by atomic mass is 10.0. The van der Waals surface area contributed by atoms with Crippen molar-refractivity contribution in [3.8, 4) is 0 Å². The second-order valence-electron chi connectivity index (χ2n) is 14.8. The van der Waals surface area contributed by atoms with Gasteiger partial charge in [-0.3, -0.25) is 38.8 Å². The molecule has 1 aliphatic rings. The second kappa shape index (κ2) is 37.4. The van der Waals surface area contributed by atoms with Gasteiger partial charge in [-0.1, -0.05) is 12.1 Å². The smallest absolute Gasteiger partial charge is 0.317 e. The lowest BCUT2D eigenvalue weighted by molar-refractivity contribution is -0.142. The lowest BCUT2D eigenvalue weighted by Gasteiger charge is -2.37. The highest BCUT2D eigenvalue weighted by Gasteiger charge is 2.27. The minimum Gasteiger partial charge on any atom is -0.480 e. The Hall–Kier alpha value is -3.69. The fourth-order valence-electron chi connectivity index (χ4n) is 6.45. The van der Waals surface area contributed by atoms with Crippen LogP contribution in [0.3, 0.4) is 0 Å². The van der Waals surface area contributed by atoms with E-state index in [0.29, 0.717) is 129 Å². The van der Waals surface area contributed by atoms with Crippen LogP contribution < -0.4 is 10.6 Å². The summed E-state index contributed by atoms with van der Waals surface area (Å²) in [5.74, 6) is -4.26. The zero-order chi connectivity index (χ0) is 47.3. The van der Waals surface area contributed by atoms with Crippen LogP contribution in [0.1, 0.15) is 12.5 Å². The van der Waals surface area contributed by atoms with E-state index in [-0.39, 0.29) is 72.0 Å². The number of thiocarbonyl (C=S) groups is 1. The number of nitrogens with one attached hydrogen (secondary N) is 2. The standard InChI is InChI=1S/C42H72N6O16S/c1-2-57-15-16-59-19-20-61-23-24-63-27-28-64-26-25-62-22-21-60-18-17-58-14-7-43-42(65)44-36-5-3-35(4-6-36)29-37-30-47(33-40(53)54)11-10-45(31-38(49)50)8-9-46(32-39(51)52)12-13-48(37)34-41(55)56/h3-6,37H,2,7-34H2,1H3,(H,49,50)(H,51,52)(H,53,54)(H,55,56)(H2,43,44,65). The van der Waals surface area contributed by atoms with Gasteiger partial charge in [-0.15, -0.1) is 0 Å². The number of ether oxygens (including phenoxy) is 8. The van der Waals surface area contributed by atoms with Gasteiger partial charge in [-0.05, 0) is 43.3 Å². The summed E-state index contributed by atoms with van der Waals surface area (Å²) in [6.07, 6.45) is 0.357. The Morgan fingerprint density at radius 3 is 1.32 bits per heavy atom. The third-order valence-corrected chi connectivity index (χ3v) is 9.84. The van der Waals surface area contributed by atoms with Crippen LogP contribution in [0.15, 0.2) is 24.3 Å². The number of carbonyl (C=O) groups is 4. The van der Waals surface area contributed by atoms with Crippen molar-refractivity contribution in [1.29, 1.82) is 0 Å². The summed E-state index contributed by atoms with van der Waals surface area (Å²) in [4.78, 5) is 53.9. The van der Waals surface area contributed by atoms with Gasteiger partial charge < -0.3 is 69.0 Å². The molecular weight excluding hydrogens is 877 g/mol. The minimum atomic E-state index is -1.08. The molecule has 372 valence electrons. The van der Waals surface area contributed by atoms with E-state index in [2.05, 4.69) is 10.6 Å². The molecule has 0 saturated carbocycles. The molecule has 1 saturated heterocycles. The van der Waals surface area contributed by atoms with Gasteiger partial charge in [-0.25, -0.2) is 0 Å². The Morgan fingerprint density at radius 2 is 0.908 bits per heavy atom. The van der Waals surface area contributed by atoms with Crippen LogP contribution in [-0.4, -0.2) is 259 Å². The number of rotatable bonds is 36. The molecule has 0 aromatic heterocycles. The molecule has 1 aromatic carbocycles. The van der Waals surface area contributed by atoms with Crippen molar-refractivity contribution < 1.29 is 77.5 Å². The highest BCUT2D eigenvalue weighted by atomic mass is 32.1. The first-order chi connectivity index (χ1) is 31.4. The highest BCUT2D eigenvalue weighted by molar-refractivity contribution is 7.80. The van der Waals surface area contributed by atoms with E-state index in [1.165, 1.54) is 0 Å². The van der Waals surface area contributed by atoms with Crippen molar-refractivity contribution >= 4 is 46.9 Å². The molecule has 65 heavy (non-hydrogen) atoms. The summed E-state index contributed by atoms with van der Waals surface area (Å²) >= 11 is 5.45. The Morgan fingerprint density at radius 1 is 0.538 bits per heavy atom. The molecule has 6 N–H and O–H groups in total. The van der Waals surface area contributed by atoms with Crippen molar-refractivity contribution in [2.45, 2.75) is 19.4 Å². The number of hydrogen-bond donors (Lipinski definition) is 6. The molecule has 1 fully saturated rings. The van der Waals surface area contributed by atoms with Gasteiger partial charge in [0, 0.05) is 70.7 Å². The number of carboxylic acid groups (broad SMARTS) is 4. The zero-order valence-electron chi connectivity index (χ0n) is 37.8. The number of nitrogens with zero attached hydrogens (tertiary/aromatic N) is 4. The van der Waals surface area contributed by atoms with Crippen molar-refractivity contribution in [2.24, 2.45) is 0 Å². The largest absolute Gasteiger partial charge is 0.480 e. The predicted molar refractivity (Wildman–Crippen MR) is 242 cm³/mol. The average molecular weight is 949 g/mol. The summed E-state index contributed by atoms with van der Waals surface area (Å²) in [6.45, 7) is 10.5. The molecular formula is C42H72N6O16S. The molecule has 0 bridgehead atoms. The molecule has 22 nitrogen and oxygen atoms in total. The van der Waals surface area contributed by atoms with Gasteiger partial charge >= 0.3 is 23.9 Å². The fourth-order valence-corrected chi connectivity index (χ4v) is 6.67. The van der Waals surface area contributed by atoms with Gasteiger partial charge in [0.15, 0.2) is 5.11 Å². The molecule has 1 aliphatic heterocycles. The van der Waals surface area contributed by atoms with Gasteiger partial charge in [0.1, 0.15) is 0 Å². The predicted octanol–water partition coefficient (Wildman–Crippen LogP) is -0.403. The number of carboxylic acids is 4. The SMILES string of the molecule is CCOCCOCCOCCOCCOCCOCCOCCOCCNC(=S)Nc1ccc(CC2CN(CC(=O)O)CCN(CC(=O)O)CCN(CC(=O)O)CCN2CC(=O)O)cc1. The Kier molecular flexibility index (Phi) is 33.1. The van der Waals surface area contributed by atoms with E-state index < -0.39 is 29.9 Å². The average Bonchev–Trinajstić information content (AvgIpc) is 3.25. The van der Waals surface area contributed by atoms with E-state index in [0.717, 1.165) is 5.56 Å². The van der Waals surface area contributed by atoms with E-state index in [4.69, 9.17) is 50.1 Å². The Bertz CT molecular complexity index is 1450. The van der Waals surface area contributed by atoms with Crippen LogP contribution in [-0.2, 0) is 63.5 Å². The molecule has 0 amide bonds. The molecule has 0 radical (unpaired) electrons. The maximum absolute atomic E-state index is 12.0. The monoisotopic (exact) mass is 948 g/mol. The van der Waals surface area contributed by atoms with Crippen LogP contribution >= 0.6 is 12.2 Å². The summed E-state index contributed by atoms with van der Waals surface area (Å²) < 4.78 is 43.6. The van der Waals surface area contributed by atoms with Crippen LogP contribution in [0.4, 0.5) is 5.69 Å². The van der Waals surface area contributed by atoms with Gasteiger partial charge in [0.05, 0.1) is 125 Å². The first-order valence-electron chi connectivity index (χ1n) is 22.0. The third kappa shape index (κ3) is 31.8. The van der Waals surface area contributed by atoms with Crippen molar-refractivity contribution in [2.75, 3.05) is 190 Å². The Labute approximate surface area is 387 Å². The number of benzene rings is 1. The zero-order valence-corrected chi connectivity index (χ0v) is 38.6. The summed E-state index contributed by atoms with van der Waals surface area (Å²) in [5, 5.41) is 45.2. The lowest BCUT2D eigenvalue weighted by Crippen LogP contribution is -2.53. The van der Waals surface area contributed by atoms with E-state index >= 15 is 0 Å². The number of hydrogen-bond acceptors (Lipinski definition) is 17. The van der Waals surface area contributed by atoms with Gasteiger partial charge in [0.25, 0.3) is 0 Å². The maximum atomic E-state index is 12.0. The molecule has 0 aliphatic carbocycles. The molecule has 1 aromatic rings. The maximum Gasteiger partial charge on any atom is 0.317 e. The van der Waals surface area contributed by atoms with Crippen LogP contribution in [0.2, 0.25) is 0 Å². The van der Waals surface area contributed by atoms with Gasteiger partial charge in [0.2, 0.25) is 0 Å². The first kappa shape index (κ1) is 57.4. The fraction of sp³-hybridized carbons (Fsp3) is 0.738. The van der Waals surface area contributed by atoms with E-state index in [1.807, 2.05) is 31.2 Å². The van der Waals surface area contributed by atoms with Gasteiger partial charge in [-0.2, -0.15) is 0 Å². The molecule has 23 heteroatoms. The summed E-state index contributed by atoms with van der Waals surface area (Å²) in [6, 6.07) is 6.93. The van der Waals surface area contributed by atoms with E-state index in [9.17, 15) is 39.6 Å². The summed E-state index contributed by atoms with van der Waals surface area (Å²) in [7, 11) is 0. The second-order valence-corrected chi connectivity index (χ2v) is 15.2. The molecule has 1 heterocycles. The molecule has 2 rings (SSSR count). The quantitative estimate of drug-likeness (QED) is 0.0369. The number of anilines is 1. The van der Waals surface area contributed by atoms with Crippen molar-refractivity contribution in [3.63, 3.8) is 0 Å². The summed E-state index contributed by atoms with van der Waals surface area (Å²) in [5.41, 5.74) is 1.56. The minimum absolute atomic E-state index is 0.176. The van der Waals surface area contributed by atoms with Crippen molar-refractivity contribution in [3.05, 3.63) is 29.8 Å². The molecule has 1 unspecified atom stereocenters.